The van der Waals surface area contributed by atoms with Crippen molar-refractivity contribution in [1.29, 1.82) is 0 Å². The average molecular weight is 599 g/mol. The molecular formula is C34H30O10. The fourth-order valence-electron chi connectivity index (χ4n) is 5.42. The second-order valence-electron chi connectivity index (χ2n) is 10.6. The third-order valence-electron chi connectivity index (χ3n) is 7.39. The minimum atomic E-state index is -2.05. The van der Waals surface area contributed by atoms with Gasteiger partial charge in [0.25, 0.3) is 0 Å². The quantitative estimate of drug-likeness (QED) is 0.127. The van der Waals surface area contributed by atoms with Crippen molar-refractivity contribution in [2.45, 2.75) is 37.5 Å². The van der Waals surface area contributed by atoms with E-state index in [1.807, 2.05) is 0 Å². The highest BCUT2D eigenvalue weighted by atomic mass is 16.3. The number of Topliss-reactive ketones (excluding diaryl/α,β-unsaturated/α-hetero) is 4. The Balaban J connectivity index is 1.91. The minimum Gasteiger partial charge on any atom is -0.508 e. The van der Waals surface area contributed by atoms with E-state index in [0.29, 0.717) is 5.56 Å². The summed E-state index contributed by atoms with van der Waals surface area (Å²) in [6.45, 7) is 1.20. The van der Waals surface area contributed by atoms with Crippen LogP contribution in [0.3, 0.4) is 0 Å². The number of benzene rings is 4. The van der Waals surface area contributed by atoms with Crippen LogP contribution in [0.2, 0.25) is 0 Å². The summed E-state index contributed by atoms with van der Waals surface area (Å²) >= 11 is 0. The van der Waals surface area contributed by atoms with Gasteiger partial charge in [-0.2, -0.15) is 0 Å². The summed E-state index contributed by atoms with van der Waals surface area (Å²) in [5, 5.41) is 61.2. The molecule has 2 unspecified atom stereocenters. The Morgan fingerprint density at radius 2 is 1.16 bits per heavy atom. The van der Waals surface area contributed by atoms with Crippen LogP contribution < -0.4 is 0 Å². The zero-order valence-electron chi connectivity index (χ0n) is 23.6. The van der Waals surface area contributed by atoms with E-state index >= 15 is 0 Å². The first kappa shape index (κ1) is 31.3. The van der Waals surface area contributed by atoms with E-state index < -0.39 is 65.2 Å². The van der Waals surface area contributed by atoms with Gasteiger partial charge >= 0.3 is 0 Å². The second-order valence-corrected chi connectivity index (χ2v) is 10.6. The number of carbonyl (C=O) groups excluding carboxylic acids is 4. The van der Waals surface area contributed by atoms with Crippen LogP contribution in [0.4, 0.5) is 0 Å². The number of rotatable bonds is 12. The van der Waals surface area contributed by atoms with Crippen LogP contribution >= 0.6 is 0 Å². The van der Waals surface area contributed by atoms with Crippen molar-refractivity contribution in [2.24, 2.45) is 0 Å². The summed E-state index contributed by atoms with van der Waals surface area (Å²) in [6.07, 6.45) is -2.02. The molecule has 0 aliphatic rings. The Morgan fingerprint density at radius 1 is 0.636 bits per heavy atom. The first-order valence-corrected chi connectivity index (χ1v) is 13.5. The van der Waals surface area contributed by atoms with E-state index in [9.17, 15) is 49.8 Å². The molecular weight excluding hydrogens is 568 g/mol. The Morgan fingerprint density at radius 3 is 1.70 bits per heavy atom. The fraction of sp³-hybridized carbons (Fsp3) is 0.176. The molecule has 0 spiro atoms. The van der Waals surface area contributed by atoms with Gasteiger partial charge in [-0.05, 0) is 54.4 Å². The number of hydrogen-bond acceptors (Lipinski definition) is 10. The van der Waals surface area contributed by atoms with E-state index in [2.05, 4.69) is 0 Å². The van der Waals surface area contributed by atoms with Gasteiger partial charge in [-0.3, -0.25) is 19.2 Å². The number of phenols is 6. The highest BCUT2D eigenvalue weighted by molar-refractivity contribution is 6.11. The SMILES string of the molecule is CC(=O)CC(=O)CC(C(=O)CC(=O)C(c1ccc(O)cc1)c1ccc(O)cc1O)(c1ccc(O)cc1)c1ccc(O)cc1O. The van der Waals surface area contributed by atoms with Gasteiger partial charge in [-0.1, -0.05) is 36.4 Å². The van der Waals surface area contributed by atoms with Crippen molar-refractivity contribution in [1.82, 2.24) is 0 Å². The molecule has 0 bridgehead atoms. The molecule has 10 heteroatoms. The molecule has 44 heavy (non-hydrogen) atoms. The minimum absolute atomic E-state index is 0.0571. The van der Waals surface area contributed by atoms with Crippen molar-refractivity contribution < 1.29 is 49.8 Å². The lowest BCUT2D eigenvalue weighted by atomic mass is 9.65. The molecule has 0 fully saturated rings. The van der Waals surface area contributed by atoms with Crippen LogP contribution in [0.5, 0.6) is 34.5 Å². The van der Waals surface area contributed by atoms with E-state index in [1.54, 1.807) is 0 Å². The monoisotopic (exact) mass is 598 g/mol. The van der Waals surface area contributed by atoms with Gasteiger partial charge in [0.15, 0.2) is 11.6 Å². The highest BCUT2D eigenvalue weighted by Gasteiger charge is 2.46. The number of phenolic OH excluding ortho intramolecular Hbond substituents is 6. The number of carbonyl (C=O) groups is 4. The zero-order chi connectivity index (χ0) is 32.2. The van der Waals surface area contributed by atoms with Gasteiger partial charge in [0.05, 0.1) is 24.2 Å². The largest absolute Gasteiger partial charge is 0.508 e. The lowest BCUT2D eigenvalue weighted by Crippen LogP contribution is -2.41. The second kappa shape index (κ2) is 12.7. The fourth-order valence-corrected chi connectivity index (χ4v) is 5.42. The first-order valence-electron chi connectivity index (χ1n) is 13.5. The maximum Gasteiger partial charge on any atom is 0.155 e. The third-order valence-corrected chi connectivity index (χ3v) is 7.39. The van der Waals surface area contributed by atoms with Gasteiger partial charge < -0.3 is 30.6 Å². The smallest absolute Gasteiger partial charge is 0.155 e. The summed E-state index contributed by atoms with van der Waals surface area (Å²) in [6, 6.07) is 17.8. The molecule has 0 amide bonds. The van der Waals surface area contributed by atoms with Crippen LogP contribution in [0.1, 0.15) is 54.4 Å². The molecule has 4 rings (SSSR count). The normalized spacial score (nSPS) is 13.0. The molecule has 10 nitrogen and oxygen atoms in total. The van der Waals surface area contributed by atoms with Gasteiger partial charge in [-0.25, -0.2) is 0 Å². The maximum atomic E-state index is 14.5. The summed E-state index contributed by atoms with van der Waals surface area (Å²) in [5.74, 6) is -5.82. The van der Waals surface area contributed by atoms with E-state index in [-0.39, 0.29) is 39.7 Å². The summed E-state index contributed by atoms with van der Waals surface area (Å²) in [5.41, 5.74) is -1.69. The summed E-state index contributed by atoms with van der Waals surface area (Å²) in [7, 11) is 0. The van der Waals surface area contributed by atoms with Gasteiger partial charge in [0, 0.05) is 29.7 Å². The van der Waals surface area contributed by atoms with Crippen molar-refractivity contribution in [3.63, 3.8) is 0 Å². The molecule has 0 aliphatic heterocycles. The van der Waals surface area contributed by atoms with Crippen molar-refractivity contribution >= 4 is 23.1 Å². The van der Waals surface area contributed by atoms with Crippen LogP contribution in [-0.4, -0.2) is 53.8 Å². The molecule has 0 saturated carbocycles. The van der Waals surface area contributed by atoms with E-state index in [4.69, 9.17) is 0 Å². The molecule has 0 saturated heterocycles. The van der Waals surface area contributed by atoms with Gasteiger partial charge in [0.2, 0.25) is 0 Å². The number of hydrogen-bond donors (Lipinski definition) is 6. The van der Waals surface area contributed by atoms with Crippen molar-refractivity contribution in [3.8, 4) is 34.5 Å². The molecule has 0 aliphatic carbocycles. The zero-order valence-corrected chi connectivity index (χ0v) is 23.6. The van der Waals surface area contributed by atoms with Crippen LogP contribution in [0, 0.1) is 0 Å². The Kier molecular flexibility index (Phi) is 9.03. The molecule has 0 aromatic heterocycles. The lowest BCUT2D eigenvalue weighted by molar-refractivity contribution is -0.134. The lowest BCUT2D eigenvalue weighted by Gasteiger charge is -2.34. The highest BCUT2D eigenvalue weighted by Crippen LogP contribution is 2.45. The molecule has 0 radical (unpaired) electrons. The Bertz CT molecular complexity index is 1720. The Labute approximate surface area is 252 Å². The number of ketones is 4. The van der Waals surface area contributed by atoms with Crippen LogP contribution in [-0.2, 0) is 24.6 Å². The van der Waals surface area contributed by atoms with Gasteiger partial charge in [0.1, 0.15) is 46.1 Å². The Hall–Kier alpha value is -5.64. The molecule has 4 aromatic carbocycles. The van der Waals surface area contributed by atoms with Crippen molar-refractivity contribution in [3.05, 3.63) is 107 Å². The molecule has 4 aromatic rings. The predicted molar refractivity (Wildman–Crippen MR) is 158 cm³/mol. The molecule has 2 atom stereocenters. The van der Waals surface area contributed by atoms with Crippen LogP contribution in [0.25, 0.3) is 0 Å². The summed E-state index contributed by atoms with van der Waals surface area (Å²) in [4.78, 5) is 53.7. The maximum absolute atomic E-state index is 14.5. The average Bonchev–Trinajstić information content (AvgIpc) is 2.94. The van der Waals surface area contributed by atoms with Crippen LogP contribution in [0.15, 0.2) is 84.9 Å². The van der Waals surface area contributed by atoms with E-state index in [1.165, 1.54) is 79.7 Å². The topological polar surface area (TPSA) is 190 Å². The molecule has 6 N–H and O–H groups in total. The van der Waals surface area contributed by atoms with E-state index in [0.717, 1.165) is 12.1 Å². The molecule has 0 heterocycles. The van der Waals surface area contributed by atoms with Crippen molar-refractivity contribution in [2.75, 3.05) is 0 Å². The first-order chi connectivity index (χ1) is 20.8. The van der Waals surface area contributed by atoms with Gasteiger partial charge in [-0.15, -0.1) is 0 Å². The predicted octanol–water partition coefficient (Wildman–Crippen LogP) is 4.51. The third kappa shape index (κ3) is 6.54. The molecule has 226 valence electrons. The standard InChI is InChI=1S/C34H30O10/c1-19(35)14-26(40)18-34(21-4-8-23(37)9-5-21,28-13-11-25(39)16-30(28)42)32(44)17-31(43)33(20-2-6-22(36)7-3-20)27-12-10-24(38)15-29(27)41/h2-13,15-16,33,36-39,41-42H,14,17-18H2,1H3. The number of aromatic hydroxyl groups is 6. The summed E-state index contributed by atoms with van der Waals surface area (Å²) < 4.78 is 0.